The van der Waals surface area contributed by atoms with Crippen LogP contribution >= 0.6 is 0 Å². The van der Waals surface area contributed by atoms with Gasteiger partial charge in [0, 0.05) is 19.8 Å². The van der Waals surface area contributed by atoms with Crippen LogP contribution in [0, 0.1) is 5.92 Å². The summed E-state index contributed by atoms with van der Waals surface area (Å²) in [4.78, 5) is 0. The van der Waals surface area contributed by atoms with Crippen molar-refractivity contribution in [1.29, 1.82) is 0 Å². The lowest BCUT2D eigenvalue weighted by Gasteiger charge is -2.21. The summed E-state index contributed by atoms with van der Waals surface area (Å²) in [6.45, 7) is 8.76. The van der Waals surface area contributed by atoms with Gasteiger partial charge in [0.05, 0.1) is 0 Å². The summed E-state index contributed by atoms with van der Waals surface area (Å²) < 4.78 is 5.03. The van der Waals surface area contributed by atoms with Crippen molar-refractivity contribution >= 4 is 0 Å². The molecule has 1 unspecified atom stereocenters. The Balaban J connectivity index is 3.41. The van der Waals surface area contributed by atoms with Crippen LogP contribution in [-0.2, 0) is 4.74 Å². The molecular formula is C12H27NO. The second-order valence-corrected chi connectivity index (χ2v) is 4.25. The average molecular weight is 201 g/mol. The van der Waals surface area contributed by atoms with Crippen LogP contribution < -0.4 is 5.32 Å². The van der Waals surface area contributed by atoms with E-state index in [-0.39, 0.29) is 0 Å². The first-order valence-electron chi connectivity index (χ1n) is 5.94. The first kappa shape index (κ1) is 13.9. The Morgan fingerprint density at radius 1 is 1.14 bits per heavy atom. The second-order valence-electron chi connectivity index (χ2n) is 4.25. The molecule has 0 saturated heterocycles. The van der Waals surface area contributed by atoms with Crippen LogP contribution in [0.3, 0.4) is 0 Å². The zero-order valence-corrected chi connectivity index (χ0v) is 10.3. The van der Waals surface area contributed by atoms with E-state index in [1.54, 1.807) is 7.11 Å². The minimum Gasteiger partial charge on any atom is -0.385 e. The molecule has 1 N–H and O–H groups in total. The van der Waals surface area contributed by atoms with Crippen molar-refractivity contribution in [1.82, 2.24) is 5.32 Å². The molecule has 0 spiro atoms. The van der Waals surface area contributed by atoms with E-state index in [9.17, 15) is 0 Å². The minimum atomic E-state index is 0.697. The summed E-state index contributed by atoms with van der Waals surface area (Å²) in [5.74, 6) is 0.748. The molecule has 1 atom stereocenters. The highest BCUT2D eigenvalue weighted by Crippen LogP contribution is 2.11. The monoisotopic (exact) mass is 201 g/mol. The van der Waals surface area contributed by atoms with Crippen molar-refractivity contribution in [3.05, 3.63) is 0 Å². The smallest absolute Gasteiger partial charge is 0.0462 e. The third-order valence-corrected chi connectivity index (χ3v) is 2.63. The van der Waals surface area contributed by atoms with Crippen LogP contribution in [0.2, 0.25) is 0 Å². The van der Waals surface area contributed by atoms with E-state index in [4.69, 9.17) is 4.74 Å². The van der Waals surface area contributed by atoms with Crippen molar-refractivity contribution in [2.45, 2.75) is 52.5 Å². The van der Waals surface area contributed by atoms with Gasteiger partial charge in [0.1, 0.15) is 0 Å². The fraction of sp³-hybridized carbons (Fsp3) is 1.00. The Morgan fingerprint density at radius 3 is 2.36 bits per heavy atom. The van der Waals surface area contributed by atoms with Crippen LogP contribution in [0.25, 0.3) is 0 Å². The van der Waals surface area contributed by atoms with Crippen molar-refractivity contribution < 1.29 is 4.74 Å². The van der Waals surface area contributed by atoms with Gasteiger partial charge in [0.2, 0.25) is 0 Å². The molecule has 0 rings (SSSR count). The van der Waals surface area contributed by atoms with E-state index < -0.39 is 0 Å². The molecule has 0 saturated carbocycles. The van der Waals surface area contributed by atoms with Gasteiger partial charge in [-0.3, -0.25) is 0 Å². The van der Waals surface area contributed by atoms with Gasteiger partial charge >= 0.3 is 0 Å². The van der Waals surface area contributed by atoms with E-state index in [2.05, 4.69) is 26.1 Å². The highest BCUT2D eigenvalue weighted by Gasteiger charge is 2.10. The molecule has 0 radical (unpaired) electrons. The zero-order valence-electron chi connectivity index (χ0n) is 10.3. The Morgan fingerprint density at radius 2 is 1.86 bits per heavy atom. The fourth-order valence-electron chi connectivity index (χ4n) is 1.72. The molecule has 86 valence electrons. The number of ether oxygens (including phenoxy) is 1. The number of nitrogens with one attached hydrogen (secondary N) is 1. The van der Waals surface area contributed by atoms with Gasteiger partial charge in [-0.05, 0) is 25.3 Å². The van der Waals surface area contributed by atoms with Gasteiger partial charge in [0.25, 0.3) is 0 Å². The first-order chi connectivity index (χ1) is 6.72. The maximum absolute atomic E-state index is 5.03. The Hall–Kier alpha value is -0.0800. The quantitative estimate of drug-likeness (QED) is 0.579. The molecule has 2 nitrogen and oxygen atoms in total. The summed E-state index contributed by atoms with van der Waals surface area (Å²) in [7, 11) is 1.77. The molecule has 0 aromatic heterocycles. The SMILES string of the molecule is CCNC(CCCCCOC)C(C)C. The number of methoxy groups -OCH3 is 1. The van der Waals surface area contributed by atoms with Gasteiger partial charge < -0.3 is 10.1 Å². The van der Waals surface area contributed by atoms with Gasteiger partial charge in [-0.25, -0.2) is 0 Å². The number of rotatable bonds is 9. The van der Waals surface area contributed by atoms with Gasteiger partial charge in [-0.2, -0.15) is 0 Å². The highest BCUT2D eigenvalue weighted by molar-refractivity contribution is 4.69. The van der Waals surface area contributed by atoms with E-state index in [1.807, 2.05) is 0 Å². The van der Waals surface area contributed by atoms with E-state index in [1.165, 1.54) is 25.7 Å². The Labute approximate surface area is 89.4 Å². The Bertz CT molecular complexity index is 115. The van der Waals surface area contributed by atoms with Gasteiger partial charge in [-0.15, -0.1) is 0 Å². The van der Waals surface area contributed by atoms with Crippen molar-refractivity contribution in [3.63, 3.8) is 0 Å². The summed E-state index contributed by atoms with van der Waals surface area (Å²) >= 11 is 0. The number of hydrogen-bond donors (Lipinski definition) is 1. The van der Waals surface area contributed by atoms with Crippen LogP contribution in [0.1, 0.15) is 46.5 Å². The highest BCUT2D eigenvalue weighted by atomic mass is 16.5. The fourth-order valence-corrected chi connectivity index (χ4v) is 1.72. The van der Waals surface area contributed by atoms with Crippen LogP contribution in [0.15, 0.2) is 0 Å². The summed E-state index contributed by atoms with van der Waals surface area (Å²) in [6, 6.07) is 0.697. The second kappa shape index (κ2) is 9.47. The van der Waals surface area contributed by atoms with Gasteiger partial charge in [-0.1, -0.05) is 33.6 Å². The zero-order chi connectivity index (χ0) is 10.8. The third-order valence-electron chi connectivity index (χ3n) is 2.63. The largest absolute Gasteiger partial charge is 0.385 e. The van der Waals surface area contributed by atoms with E-state index >= 15 is 0 Å². The first-order valence-corrected chi connectivity index (χ1v) is 5.94. The molecule has 0 fully saturated rings. The maximum atomic E-state index is 5.03. The van der Waals surface area contributed by atoms with E-state index in [0.29, 0.717) is 6.04 Å². The lowest BCUT2D eigenvalue weighted by molar-refractivity contribution is 0.191. The molecule has 0 bridgehead atoms. The molecule has 0 aliphatic heterocycles. The summed E-state index contributed by atoms with van der Waals surface area (Å²) in [5, 5.41) is 3.54. The molecule has 0 heterocycles. The van der Waals surface area contributed by atoms with Crippen LogP contribution in [0.4, 0.5) is 0 Å². The van der Waals surface area contributed by atoms with Crippen molar-refractivity contribution in [2.24, 2.45) is 5.92 Å². The summed E-state index contributed by atoms with van der Waals surface area (Å²) in [5.41, 5.74) is 0. The number of hydrogen-bond acceptors (Lipinski definition) is 2. The molecule has 14 heavy (non-hydrogen) atoms. The topological polar surface area (TPSA) is 21.3 Å². The minimum absolute atomic E-state index is 0.697. The summed E-state index contributed by atoms with van der Waals surface area (Å²) in [6.07, 6.45) is 5.12. The molecule has 0 aliphatic carbocycles. The molecule has 0 aliphatic rings. The maximum Gasteiger partial charge on any atom is 0.0462 e. The lowest BCUT2D eigenvalue weighted by Crippen LogP contribution is -2.33. The number of unbranched alkanes of at least 4 members (excludes halogenated alkanes) is 2. The van der Waals surface area contributed by atoms with Crippen molar-refractivity contribution in [3.8, 4) is 0 Å². The van der Waals surface area contributed by atoms with Crippen LogP contribution in [0.5, 0.6) is 0 Å². The normalized spacial score (nSPS) is 13.5. The predicted molar refractivity (Wildman–Crippen MR) is 62.6 cm³/mol. The Kier molecular flexibility index (Phi) is 9.42. The van der Waals surface area contributed by atoms with E-state index in [0.717, 1.165) is 19.1 Å². The molecular weight excluding hydrogens is 174 g/mol. The molecule has 0 amide bonds. The standard InChI is InChI=1S/C12H27NO/c1-5-13-12(11(2)3)9-7-6-8-10-14-4/h11-13H,5-10H2,1-4H3. The molecule has 2 heteroatoms. The third kappa shape index (κ3) is 7.34. The molecule has 0 aromatic carbocycles. The average Bonchev–Trinajstić information content (AvgIpc) is 2.15. The molecule has 0 aromatic rings. The van der Waals surface area contributed by atoms with Crippen LogP contribution in [-0.4, -0.2) is 26.3 Å². The van der Waals surface area contributed by atoms with Gasteiger partial charge in [0.15, 0.2) is 0 Å². The van der Waals surface area contributed by atoms with Crippen molar-refractivity contribution in [2.75, 3.05) is 20.3 Å². The lowest BCUT2D eigenvalue weighted by atomic mass is 9.98. The predicted octanol–water partition coefficient (Wildman–Crippen LogP) is 2.83.